The molecule has 1 atom stereocenters. The zero-order chi connectivity index (χ0) is 9.47. The van der Waals surface area contributed by atoms with Crippen LogP contribution in [-0.2, 0) is 0 Å². The molecule has 0 amide bonds. The number of benzene rings is 1. The maximum absolute atomic E-state index is 5.12. The highest BCUT2D eigenvalue weighted by Gasteiger charge is 2.46. The van der Waals surface area contributed by atoms with Gasteiger partial charge in [0.15, 0.2) is 0 Å². The maximum atomic E-state index is 5.12. The van der Waals surface area contributed by atoms with E-state index in [0.29, 0.717) is 5.41 Å². The summed E-state index contributed by atoms with van der Waals surface area (Å²) in [6.07, 6.45) is 1.32. The first-order chi connectivity index (χ1) is 6.13. The lowest BCUT2D eigenvalue weighted by Crippen LogP contribution is -1.90. The van der Waals surface area contributed by atoms with Crippen LogP contribution in [0.2, 0.25) is 0 Å². The summed E-state index contributed by atoms with van der Waals surface area (Å²) in [5, 5.41) is 0. The van der Waals surface area contributed by atoms with Crippen molar-refractivity contribution in [2.24, 2.45) is 5.41 Å². The minimum Gasteiger partial charge on any atom is -0.497 e. The maximum Gasteiger partial charge on any atom is 0.118 e. The van der Waals surface area contributed by atoms with E-state index in [1.165, 1.54) is 12.0 Å². The Morgan fingerprint density at radius 1 is 1.23 bits per heavy atom. The number of hydrogen-bond acceptors (Lipinski definition) is 1. The monoisotopic (exact) mass is 176 g/mol. The van der Waals surface area contributed by atoms with E-state index in [0.717, 1.165) is 11.7 Å². The Bertz CT molecular complexity index is 297. The molecule has 1 heteroatoms. The molecule has 1 saturated carbocycles. The van der Waals surface area contributed by atoms with Crippen molar-refractivity contribution < 1.29 is 4.74 Å². The van der Waals surface area contributed by atoms with Crippen LogP contribution >= 0.6 is 0 Å². The lowest BCUT2D eigenvalue weighted by Gasteiger charge is -2.04. The number of ether oxygens (including phenoxy) is 1. The summed E-state index contributed by atoms with van der Waals surface area (Å²) in [6.45, 7) is 4.64. The highest BCUT2D eigenvalue weighted by atomic mass is 16.5. The van der Waals surface area contributed by atoms with Crippen molar-refractivity contribution in [1.29, 1.82) is 0 Å². The van der Waals surface area contributed by atoms with Gasteiger partial charge in [-0.1, -0.05) is 26.0 Å². The first-order valence-corrected chi connectivity index (χ1v) is 4.77. The van der Waals surface area contributed by atoms with E-state index in [9.17, 15) is 0 Å². The van der Waals surface area contributed by atoms with Gasteiger partial charge in [-0.05, 0) is 35.4 Å². The molecular formula is C12H16O. The topological polar surface area (TPSA) is 9.23 Å². The third-order valence-electron chi connectivity index (χ3n) is 3.03. The Kier molecular flexibility index (Phi) is 1.83. The SMILES string of the molecule is COc1ccc([C@H]2CC2(C)C)cc1. The quantitative estimate of drug-likeness (QED) is 0.672. The molecule has 0 bridgehead atoms. The van der Waals surface area contributed by atoms with Crippen LogP contribution in [0.3, 0.4) is 0 Å². The van der Waals surface area contributed by atoms with Gasteiger partial charge in [-0.3, -0.25) is 0 Å². The molecule has 0 heterocycles. The van der Waals surface area contributed by atoms with Gasteiger partial charge >= 0.3 is 0 Å². The molecule has 0 radical (unpaired) electrons. The second-order valence-electron chi connectivity index (χ2n) is 4.52. The first-order valence-electron chi connectivity index (χ1n) is 4.77. The molecule has 0 saturated heterocycles. The molecule has 1 aliphatic carbocycles. The van der Waals surface area contributed by atoms with Crippen molar-refractivity contribution in [3.8, 4) is 5.75 Å². The molecule has 13 heavy (non-hydrogen) atoms. The van der Waals surface area contributed by atoms with Gasteiger partial charge in [-0.2, -0.15) is 0 Å². The zero-order valence-electron chi connectivity index (χ0n) is 8.50. The molecule has 0 unspecified atom stereocenters. The van der Waals surface area contributed by atoms with Crippen molar-refractivity contribution in [2.45, 2.75) is 26.2 Å². The third-order valence-corrected chi connectivity index (χ3v) is 3.03. The summed E-state index contributed by atoms with van der Waals surface area (Å²) in [5.41, 5.74) is 1.97. The predicted octanol–water partition coefficient (Wildman–Crippen LogP) is 3.21. The van der Waals surface area contributed by atoms with Crippen molar-refractivity contribution in [3.05, 3.63) is 29.8 Å². The predicted molar refractivity (Wildman–Crippen MR) is 54.1 cm³/mol. The molecular weight excluding hydrogens is 160 g/mol. The second kappa shape index (κ2) is 2.76. The Balaban J connectivity index is 2.16. The fourth-order valence-corrected chi connectivity index (χ4v) is 1.87. The highest BCUT2D eigenvalue weighted by molar-refractivity contribution is 5.33. The highest BCUT2D eigenvalue weighted by Crippen LogP contribution is 2.58. The van der Waals surface area contributed by atoms with Crippen LogP contribution in [0.5, 0.6) is 5.75 Å². The fourth-order valence-electron chi connectivity index (χ4n) is 1.87. The van der Waals surface area contributed by atoms with Crippen molar-refractivity contribution in [3.63, 3.8) is 0 Å². The summed E-state index contributed by atoms with van der Waals surface area (Å²) < 4.78 is 5.12. The summed E-state index contributed by atoms with van der Waals surface area (Å²) in [5.74, 6) is 1.71. The van der Waals surface area contributed by atoms with E-state index < -0.39 is 0 Å². The second-order valence-corrected chi connectivity index (χ2v) is 4.52. The van der Waals surface area contributed by atoms with E-state index >= 15 is 0 Å². The number of hydrogen-bond donors (Lipinski definition) is 0. The third kappa shape index (κ3) is 1.55. The Hall–Kier alpha value is -0.980. The zero-order valence-corrected chi connectivity index (χ0v) is 8.50. The van der Waals surface area contributed by atoms with Crippen LogP contribution in [0.1, 0.15) is 31.7 Å². The van der Waals surface area contributed by atoms with E-state index in [4.69, 9.17) is 4.74 Å². The van der Waals surface area contributed by atoms with Gasteiger partial charge in [0.2, 0.25) is 0 Å². The lowest BCUT2D eigenvalue weighted by molar-refractivity contribution is 0.414. The van der Waals surface area contributed by atoms with Gasteiger partial charge < -0.3 is 4.74 Å². The molecule has 1 fully saturated rings. The molecule has 70 valence electrons. The number of rotatable bonds is 2. The largest absolute Gasteiger partial charge is 0.497 e. The molecule has 1 aliphatic rings. The Morgan fingerprint density at radius 3 is 2.15 bits per heavy atom. The van der Waals surface area contributed by atoms with Crippen LogP contribution in [0.25, 0.3) is 0 Å². The first kappa shape index (κ1) is 8.61. The molecule has 2 rings (SSSR count). The van der Waals surface area contributed by atoms with Crippen molar-refractivity contribution in [2.75, 3.05) is 7.11 Å². The normalized spacial score (nSPS) is 24.1. The average molecular weight is 176 g/mol. The summed E-state index contributed by atoms with van der Waals surface area (Å²) in [4.78, 5) is 0. The molecule has 0 N–H and O–H groups in total. The molecule has 1 nitrogen and oxygen atoms in total. The smallest absolute Gasteiger partial charge is 0.118 e. The van der Waals surface area contributed by atoms with Crippen LogP contribution in [0.15, 0.2) is 24.3 Å². The lowest BCUT2D eigenvalue weighted by atomic mass is 10.0. The summed E-state index contributed by atoms with van der Waals surface area (Å²) in [6, 6.07) is 8.45. The summed E-state index contributed by atoms with van der Waals surface area (Å²) in [7, 11) is 1.70. The van der Waals surface area contributed by atoms with E-state index in [2.05, 4.69) is 26.0 Å². The molecule has 1 aromatic rings. The molecule has 0 aliphatic heterocycles. The van der Waals surface area contributed by atoms with Crippen LogP contribution < -0.4 is 4.74 Å². The van der Waals surface area contributed by atoms with Gasteiger partial charge in [0, 0.05) is 0 Å². The van der Waals surface area contributed by atoms with Gasteiger partial charge in [0.25, 0.3) is 0 Å². The standard InChI is InChI=1S/C12H16O/c1-12(2)8-11(12)9-4-6-10(13-3)7-5-9/h4-7,11H,8H2,1-3H3/t11-/m1/s1. The molecule has 1 aromatic carbocycles. The van der Waals surface area contributed by atoms with Crippen LogP contribution in [0.4, 0.5) is 0 Å². The van der Waals surface area contributed by atoms with Gasteiger partial charge in [0.05, 0.1) is 7.11 Å². The molecule has 0 aromatic heterocycles. The number of methoxy groups -OCH3 is 1. The Labute approximate surface area is 79.7 Å². The van der Waals surface area contributed by atoms with Gasteiger partial charge in [-0.15, -0.1) is 0 Å². The Morgan fingerprint density at radius 2 is 1.77 bits per heavy atom. The van der Waals surface area contributed by atoms with E-state index in [1.807, 2.05) is 12.1 Å². The van der Waals surface area contributed by atoms with Crippen molar-refractivity contribution >= 4 is 0 Å². The van der Waals surface area contributed by atoms with E-state index in [1.54, 1.807) is 7.11 Å². The average Bonchev–Trinajstić information content (AvgIpc) is 2.76. The molecule has 0 spiro atoms. The van der Waals surface area contributed by atoms with Gasteiger partial charge in [-0.25, -0.2) is 0 Å². The van der Waals surface area contributed by atoms with Crippen LogP contribution in [-0.4, -0.2) is 7.11 Å². The van der Waals surface area contributed by atoms with E-state index in [-0.39, 0.29) is 0 Å². The minimum absolute atomic E-state index is 0.522. The summed E-state index contributed by atoms with van der Waals surface area (Å²) >= 11 is 0. The van der Waals surface area contributed by atoms with Gasteiger partial charge in [0.1, 0.15) is 5.75 Å². The van der Waals surface area contributed by atoms with Crippen LogP contribution in [0, 0.1) is 5.41 Å². The minimum atomic E-state index is 0.522. The fraction of sp³-hybridized carbons (Fsp3) is 0.500. The van der Waals surface area contributed by atoms with Crippen molar-refractivity contribution in [1.82, 2.24) is 0 Å².